The van der Waals surface area contributed by atoms with Crippen LogP contribution >= 0.6 is 0 Å². The van der Waals surface area contributed by atoms with Crippen molar-refractivity contribution in [3.63, 3.8) is 0 Å². The molecule has 2 unspecified atom stereocenters. The minimum atomic E-state index is 0.0996. The first-order valence-corrected chi connectivity index (χ1v) is 17.6. The number of fused-ring (bicyclic) bond motifs is 6. The number of allylic oxidation sites excluding steroid dienone is 7. The van der Waals surface area contributed by atoms with Gasteiger partial charge in [-0.1, -0.05) is 78.9 Å². The van der Waals surface area contributed by atoms with E-state index in [2.05, 4.69) is 158 Å². The van der Waals surface area contributed by atoms with E-state index in [1.165, 1.54) is 56.5 Å². The van der Waals surface area contributed by atoms with Crippen LogP contribution in [0.3, 0.4) is 0 Å². The molecule has 0 bridgehead atoms. The zero-order valence-electron chi connectivity index (χ0n) is 27.8. The number of rotatable bonds is 4. The van der Waals surface area contributed by atoms with Gasteiger partial charge in [0, 0.05) is 89.3 Å². The van der Waals surface area contributed by atoms with Crippen molar-refractivity contribution in [3.8, 4) is 22.3 Å². The van der Waals surface area contributed by atoms with Crippen LogP contribution in [0.2, 0.25) is 0 Å². The Bertz CT molecular complexity index is 2490. The Balaban J connectivity index is 1.11. The van der Waals surface area contributed by atoms with Crippen LogP contribution < -0.4 is 14.4 Å². The van der Waals surface area contributed by atoms with E-state index in [4.69, 9.17) is 0 Å². The predicted molar refractivity (Wildman–Crippen MR) is 207 cm³/mol. The Morgan fingerprint density at radius 3 is 2.22 bits per heavy atom. The van der Waals surface area contributed by atoms with Gasteiger partial charge in [-0.15, -0.1) is 0 Å². The smallest absolute Gasteiger partial charge is 0.235 e. The van der Waals surface area contributed by atoms with Crippen molar-refractivity contribution >= 4 is 28.5 Å². The van der Waals surface area contributed by atoms with Gasteiger partial charge in [0.05, 0.1) is 6.04 Å². The van der Waals surface area contributed by atoms with Crippen LogP contribution in [0.5, 0.6) is 0 Å². The van der Waals surface area contributed by atoms with Crippen molar-refractivity contribution in [2.75, 3.05) is 9.80 Å². The Morgan fingerprint density at radius 2 is 1.45 bits per heavy atom. The van der Waals surface area contributed by atoms with Gasteiger partial charge in [0.2, 0.25) is 17.1 Å². The molecule has 0 spiro atoms. The van der Waals surface area contributed by atoms with Crippen molar-refractivity contribution in [1.29, 1.82) is 0 Å². The van der Waals surface area contributed by atoms with Gasteiger partial charge in [0.1, 0.15) is 11.7 Å². The molecule has 5 heterocycles. The summed E-state index contributed by atoms with van der Waals surface area (Å²) in [6.07, 6.45) is 26.9. The topological polar surface area (TPSA) is 35.3 Å². The molecule has 0 amide bonds. The lowest BCUT2D eigenvalue weighted by molar-refractivity contribution is 0.851. The van der Waals surface area contributed by atoms with E-state index in [0.717, 1.165) is 34.4 Å². The summed E-state index contributed by atoms with van der Waals surface area (Å²) in [5.74, 6) is 0. The number of aromatic nitrogens is 2. The molecule has 3 aromatic carbocycles. The molecule has 0 saturated heterocycles. The van der Waals surface area contributed by atoms with Crippen LogP contribution in [0.4, 0.5) is 22.7 Å². The SMILES string of the molecule is C1=CC2=C3CC4=C(C=C3N(c3cc(-c5cccnc5)cc(-c5cccnc5)c3)C2C=C1)C1=CC=CC2=[N+](c3ccccc3)c3ccccc3N4C12. The number of nitrogens with zero attached hydrogens (tertiary/aromatic N) is 5. The second-order valence-corrected chi connectivity index (χ2v) is 13.6. The molecule has 2 aromatic heterocycles. The predicted octanol–water partition coefficient (Wildman–Crippen LogP) is 9.64. The quantitative estimate of drug-likeness (QED) is 0.181. The molecule has 0 radical (unpaired) electrons. The number of pyridine rings is 2. The maximum absolute atomic E-state index is 4.47. The van der Waals surface area contributed by atoms with E-state index in [-0.39, 0.29) is 12.1 Å². The fraction of sp³-hybridized carbons (Fsp3) is 0.0652. The Kier molecular flexibility index (Phi) is 6.07. The second-order valence-electron chi connectivity index (χ2n) is 13.6. The molecule has 6 aliphatic rings. The fourth-order valence-corrected chi connectivity index (χ4v) is 8.82. The summed E-state index contributed by atoms with van der Waals surface area (Å²) in [5.41, 5.74) is 18.6. The van der Waals surface area contributed by atoms with E-state index in [0.29, 0.717) is 0 Å². The zero-order chi connectivity index (χ0) is 33.5. The van der Waals surface area contributed by atoms with Crippen LogP contribution in [0, 0.1) is 0 Å². The van der Waals surface area contributed by atoms with Crippen molar-refractivity contribution in [3.05, 3.63) is 204 Å². The minimum Gasteiger partial charge on any atom is -0.330 e. The van der Waals surface area contributed by atoms with Crippen molar-refractivity contribution < 1.29 is 0 Å². The van der Waals surface area contributed by atoms with Crippen molar-refractivity contribution in [2.24, 2.45) is 0 Å². The molecule has 240 valence electrons. The second kappa shape index (κ2) is 11.0. The molecule has 0 fully saturated rings. The molecule has 5 aromatic rings. The van der Waals surface area contributed by atoms with Gasteiger partial charge < -0.3 is 9.80 Å². The molecule has 51 heavy (non-hydrogen) atoms. The Hall–Kier alpha value is -6.59. The molecule has 0 saturated carbocycles. The Morgan fingerprint density at radius 1 is 0.686 bits per heavy atom. The molecule has 3 aliphatic carbocycles. The third-order valence-electron chi connectivity index (χ3n) is 10.9. The third-order valence-corrected chi connectivity index (χ3v) is 10.9. The fourth-order valence-electron chi connectivity index (χ4n) is 8.82. The maximum atomic E-state index is 4.47. The van der Waals surface area contributed by atoms with Crippen molar-refractivity contribution in [2.45, 2.75) is 18.5 Å². The third kappa shape index (κ3) is 4.18. The number of anilines is 2. The lowest BCUT2D eigenvalue weighted by Crippen LogP contribution is -2.45. The van der Waals surface area contributed by atoms with E-state index < -0.39 is 0 Å². The first kappa shape index (κ1) is 28.3. The summed E-state index contributed by atoms with van der Waals surface area (Å²) in [5, 5.41) is 0. The van der Waals surface area contributed by atoms with E-state index in [9.17, 15) is 0 Å². The molecule has 5 nitrogen and oxygen atoms in total. The summed E-state index contributed by atoms with van der Waals surface area (Å²) in [4.78, 5) is 14.1. The molecule has 11 rings (SSSR count). The van der Waals surface area contributed by atoms with E-state index in [1.807, 2.05) is 36.9 Å². The maximum Gasteiger partial charge on any atom is 0.235 e. The monoisotopic (exact) mass is 654 g/mol. The highest BCUT2D eigenvalue weighted by Crippen LogP contribution is 2.55. The van der Waals surface area contributed by atoms with Crippen LogP contribution in [-0.2, 0) is 0 Å². The summed E-state index contributed by atoms with van der Waals surface area (Å²) in [6.45, 7) is 0. The first-order chi connectivity index (χ1) is 25.3. The highest BCUT2D eigenvalue weighted by Gasteiger charge is 2.51. The largest absolute Gasteiger partial charge is 0.330 e. The molecule has 3 aliphatic heterocycles. The zero-order valence-corrected chi connectivity index (χ0v) is 27.8. The molecule has 2 atom stereocenters. The van der Waals surface area contributed by atoms with Gasteiger partial charge in [-0.2, -0.15) is 4.58 Å². The summed E-state index contributed by atoms with van der Waals surface area (Å²) in [7, 11) is 0. The molecule has 5 heteroatoms. The highest BCUT2D eigenvalue weighted by atomic mass is 15.3. The number of para-hydroxylation sites is 3. The number of benzene rings is 3. The van der Waals surface area contributed by atoms with Crippen LogP contribution in [0.25, 0.3) is 22.3 Å². The van der Waals surface area contributed by atoms with Gasteiger partial charge in [0.25, 0.3) is 0 Å². The lowest BCUT2D eigenvalue weighted by Gasteiger charge is -2.35. The number of hydrogen-bond donors (Lipinski definition) is 0. The summed E-state index contributed by atoms with van der Waals surface area (Å²) < 4.78 is 2.45. The standard InChI is InChI=1S/C46H32N5/c1-2-13-34(14-3-1)49-41-18-6-7-19-42(41)51-45-26-38-36-15-4-5-17-40(36)50(44(38)27-39(45)37-16-8-20-43(49)46(37)51)35-24-32(30-11-9-21-47-28-30)23-33(25-35)31-12-10-22-48-29-31/h1-25,27-29,40,46H,26H2/q+1. The van der Waals surface area contributed by atoms with Gasteiger partial charge in [-0.3, -0.25) is 9.97 Å². The normalized spacial score (nSPS) is 20.5. The van der Waals surface area contributed by atoms with Crippen LogP contribution in [0.1, 0.15) is 6.42 Å². The molecule has 0 N–H and O–H groups in total. The van der Waals surface area contributed by atoms with E-state index in [1.54, 1.807) is 0 Å². The summed E-state index contributed by atoms with van der Waals surface area (Å²) in [6, 6.07) is 35.1. The van der Waals surface area contributed by atoms with E-state index >= 15 is 0 Å². The van der Waals surface area contributed by atoms with Gasteiger partial charge in [-0.05, 0) is 70.3 Å². The molecular weight excluding hydrogens is 623 g/mol. The van der Waals surface area contributed by atoms with Crippen LogP contribution in [0.15, 0.2) is 204 Å². The van der Waals surface area contributed by atoms with Crippen molar-refractivity contribution in [1.82, 2.24) is 14.5 Å². The molecular formula is C46H32N5+. The number of hydrogen-bond acceptors (Lipinski definition) is 4. The van der Waals surface area contributed by atoms with Crippen LogP contribution in [-0.4, -0.2) is 27.8 Å². The average Bonchev–Trinajstić information content (AvgIpc) is 3.71. The lowest BCUT2D eigenvalue weighted by atomic mass is 9.88. The summed E-state index contributed by atoms with van der Waals surface area (Å²) >= 11 is 0. The highest BCUT2D eigenvalue weighted by molar-refractivity contribution is 6.13. The first-order valence-electron chi connectivity index (χ1n) is 17.6. The van der Waals surface area contributed by atoms with Gasteiger partial charge in [-0.25, -0.2) is 0 Å². The van der Waals surface area contributed by atoms with Gasteiger partial charge >= 0.3 is 0 Å². The minimum absolute atomic E-state index is 0.0996. The average molecular weight is 655 g/mol. The Labute approximate surface area is 296 Å². The van der Waals surface area contributed by atoms with Gasteiger partial charge in [0.15, 0.2) is 0 Å².